The molecule has 29 heavy (non-hydrogen) atoms. The topological polar surface area (TPSA) is 62.1 Å². The Morgan fingerprint density at radius 3 is 2.55 bits per heavy atom. The third-order valence-electron chi connectivity index (χ3n) is 4.78. The van der Waals surface area contributed by atoms with E-state index in [-0.39, 0.29) is 23.2 Å². The fourth-order valence-electron chi connectivity index (χ4n) is 3.19. The number of halogens is 1. The van der Waals surface area contributed by atoms with Crippen molar-refractivity contribution in [2.75, 3.05) is 19.6 Å². The predicted octanol–water partition coefficient (Wildman–Crippen LogP) is 4.14. The molecule has 1 saturated heterocycles. The SMILES string of the molecule is [C-]#[N+]c1ccc(CN2CCN(S(=O)(=O)c3cc4ccc(Cl)cc4s3)CC2=O)cc1. The molecule has 0 N–H and O–H groups in total. The fraction of sp³-hybridized carbons (Fsp3) is 0.200. The zero-order valence-corrected chi connectivity index (χ0v) is 17.6. The summed E-state index contributed by atoms with van der Waals surface area (Å²) in [7, 11) is -3.75. The summed E-state index contributed by atoms with van der Waals surface area (Å²) in [4.78, 5) is 17.6. The predicted molar refractivity (Wildman–Crippen MR) is 114 cm³/mol. The van der Waals surface area contributed by atoms with Crippen molar-refractivity contribution in [1.82, 2.24) is 9.21 Å². The van der Waals surface area contributed by atoms with Crippen molar-refractivity contribution in [1.29, 1.82) is 0 Å². The van der Waals surface area contributed by atoms with Crippen molar-refractivity contribution in [3.05, 3.63) is 70.5 Å². The lowest BCUT2D eigenvalue weighted by atomic mass is 10.2. The zero-order chi connectivity index (χ0) is 20.6. The normalized spacial score (nSPS) is 15.6. The molecular formula is C20H16ClN3O3S2. The van der Waals surface area contributed by atoms with E-state index in [1.54, 1.807) is 41.3 Å². The first-order valence-electron chi connectivity index (χ1n) is 8.80. The van der Waals surface area contributed by atoms with Gasteiger partial charge >= 0.3 is 0 Å². The Bertz CT molecular complexity index is 1230. The Kier molecular flexibility index (Phi) is 5.32. The molecule has 1 fully saturated rings. The Balaban J connectivity index is 1.49. The van der Waals surface area contributed by atoms with Crippen LogP contribution in [0.5, 0.6) is 0 Å². The van der Waals surface area contributed by atoms with Crippen LogP contribution in [0.2, 0.25) is 5.02 Å². The molecule has 2 heterocycles. The van der Waals surface area contributed by atoms with Crippen LogP contribution < -0.4 is 0 Å². The highest BCUT2D eigenvalue weighted by Crippen LogP contribution is 2.33. The summed E-state index contributed by atoms with van der Waals surface area (Å²) in [6.07, 6.45) is 0. The van der Waals surface area contributed by atoms with Crippen molar-refractivity contribution in [2.24, 2.45) is 0 Å². The third-order valence-corrected chi connectivity index (χ3v) is 8.40. The van der Waals surface area contributed by atoms with Crippen LogP contribution in [0.3, 0.4) is 0 Å². The average Bonchev–Trinajstić information content (AvgIpc) is 3.14. The second-order valence-electron chi connectivity index (χ2n) is 6.68. The second kappa shape index (κ2) is 7.76. The van der Waals surface area contributed by atoms with E-state index in [1.807, 2.05) is 12.1 Å². The largest absolute Gasteiger partial charge is 0.336 e. The summed E-state index contributed by atoms with van der Waals surface area (Å²) in [5, 5.41) is 1.36. The van der Waals surface area contributed by atoms with Crippen molar-refractivity contribution in [3.63, 3.8) is 0 Å². The standard InChI is InChI=1S/C20H16ClN3O3S2/c1-22-17-6-2-14(3-7-17)12-23-8-9-24(13-19(23)25)29(26,27)20-10-15-4-5-16(21)11-18(15)28-20/h2-7,10-11H,8-9,12-13H2. The van der Waals surface area contributed by atoms with Crippen LogP contribution in [0, 0.1) is 6.57 Å². The van der Waals surface area contributed by atoms with E-state index >= 15 is 0 Å². The lowest BCUT2D eigenvalue weighted by Crippen LogP contribution is -2.51. The van der Waals surface area contributed by atoms with Crippen molar-refractivity contribution in [3.8, 4) is 0 Å². The molecule has 1 aliphatic heterocycles. The summed E-state index contributed by atoms with van der Waals surface area (Å²) < 4.78 is 28.3. The minimum atomic E-state index is -3.75. The maximum Gasteiger partial charge on any atom is 0.253 e. The first-order valence-corrected chi connectivity index (χ1v) is 11.4. The Labute approximate surface area is 177 Å². The van der Waals surface area contributed by atoms with Crippen molar-refractivity contribution >= 4 is 54.6 Å². The Morgan fingerprint density at radius 1 is 1.10 bits per heavy atom. The number of piperazine rings is 1. The molecule has 0 aliphatic carbocycles. The first kappa shape index (κ1) is 19.9. The summed E-state index contributed by atoms with van der Waals surface area (Å²) in [5.74, 6) is -0.238. The molecule has 0 atom stereocenters. The second-order valence-corrected chi connectivity index (χ2v) is 10.4. The molecule has 0 saturated carbocycles. The number of amides is 1. The lowest BCUT2D eigenvalue weighted by molar-refractivity contribution is -0.134. The van der Waals surface area contributed by atoms with Gasteiger partial charge in [-0.2, -0.15) is 4.31 Å². The van der Waals surface area contributed by atoms with E-state index in [4.69, 9.17) is 18.2 Å². The minimum Gasteiger partial charge on any atom is -0.336 e. The van der Waals surface area contributed by atoms with Gasteiger partial charge in [0.15, 0.2) is 5.69 Å². The van der Waals surface area contributed by atoms with Crippen LogP contribution in [0.1, 0.15) is 5.56 Å². The van der Waals surface area contributed by atoms with Gasteiger partial charge < -0.3 is 4.90 Å². The van der Waals surface area contributed by atoms with Gasteiger partial charge in [0.1, 0.15) is 4.21 Å². The Morgan fingerprint density at radius 2 is 1.86 bits per heavy atom. The fourth-order valence-corrected chi connectivity index (χ4v) is 6.40. The molecule has 4 rings (SSSR count). The third kappa shape index (κ3) is 4.00. The molecule has 0 bridgehead atoms. The number of nitrogens with zero attached hydrogens (tertiary/aromatic N) is 3. The van der Waals surface area contributed by atoms with Gasteiger partial charge in [-0.25, -0.2) is 13.3 Å². The summed E-state index contributed by atoms with van der Waals surface area (Å²) in [6.45, 7) is 7.76. The van der Waals surface area contributed by atoms with Gasteiger partial charge in [-0.1, -0.05) is 41.9 Å². The molecule has 0 spiro atoms. The molecule has 1 aliphatic rings. The van der Waals surface area contributed by atoms with E-state index in [1.165, 1.54) is 4.31 Å². The quantitative estimate of drug-likeness (QED) is 0.567. The molecule has 2 aromatic carbocycles. The van der Waals surface area contributed by atoms with Crippen LogP contribution in [0.15, 0.2) is 52.7 Å². The number of rotatable bonds is 4. The van der Waals surface area contributed by atoms with E-state index in [2.05, 4.69) is 4.85 Å². The summed E-state index contributed by atoms with van der Waals surface area (Å²) in [5.41, 5.74) is 1.45. The van der Waals surface area contributed by atoms with Crippen LogP contribution in [-0.4, -0.2) is 43.2 Å². The van der Waals surface area contributed by atoms with Gasteiger partial charge in [0, 0.05) is 29.4 Å². The maximum absolute atomic E-state index is 13.0. The zero-order valence-electron chi connectivity index (χ0n) is 15.2. The number of sulfonamides is 1. The van der Waals surface area contributed by atoms with Crippen LogP contribution >= 0.6 is 22.9 Å². The van der Waals surface area contributed by atoms with E-state index in [9.17, 15) is 13.2 Å². The van der Waals surface area contributed by atoms with Gasteiger partial charge in [0.05, 0.1) is 13.1 Å². The number of hydrogen-bond acceptors (Lipinski definition) is 4. The highest BCUT2D eigenvalue weighted by atomic mass is 35.5. The first-order chi connectivity index (χ1) is 13.9. The smallest absolute Gasteiger partial charge is 0.253 e. The monoisotopic (exact) mass is 445 g/mol. The van der Waals surface area contributed by atoms with E-state index < -0.39 is 10.0 Å². The molecule has 1 aromatic heterocycles. The molecular weight excluding hydrogens is 430 g/mol. The van der Waals surface area contributed by atoms with Gasteiger partial charge in [0.2, 0.25) is 5.91 Å². The van der Waals surface area contributed by atoms with Gasteiger partial charge in [0.25, 0.3) is 10.0 Å². The van der Waals surface area contributed by atoms with E-state index in [0.29, 0.717) is 23.8 Å². The molecule has 0 radical (unpaired) electrons. The molecule has 148 valence electrons. The van der Waals surface area contributed by atoms with Gasteiger partial charge in [-0.3, -0.25) is 4.79 Å². The number of carbonyl (C=O) groups is 1. The molecule has 3 aromatic rings. The molecule has 6 nitrogen and oxygen atoms in total. The average molecular weight is 446 g/mol. The number of carbonyl (C=O) groups excluding carboxylic acids is 1. The molecule has 9 heteroatoms. The lowest BCUT2D eigenvalue weighted by Gasteiger charge is -2.33. The van der Waals surface area contributed by atoms with Gasteiger partial charge in [-0.15, -0.1) is 11.3 Å². The van der Waals surface area contributed by atoms with Crippen molar-refractivity contribution < 1.29 is 13.2 Å². The van der Waals surface area contributed by atoms with Crippen LogP contribution in [0.4, 0.5) is 5.69 Å². The highest BCUT2D eigenvalue weighted by molar-refractivity contribution is 7.91. The number of fused-ring (bicyclic) bond motifs is 1. The summed E-state index contributed by atoms with van der Waals surface area (Å²) >= 11 is 7.15. The van der Waals surface area contributed by atoms with Crippen molar-refractivity contribution in [2.45, 2.75) is 10.8 Å². The van der Waals surface area contributed by atoms with E-state index in [0.717, 1.165) is 27.0 Å². The number of benzene rings is 2. The summed E-state index contributed by atoms with van der Waals surface area (Å²) in [6, 6.07) is 13.9. The molecule has 0 unspecified atom stereocenters. The minimum absolute atomic E-state index is 0.183. The molecule has 1 amide bonds. The van der Waals surface area contributed by atoms with Crippen LogP contribution in [0.25, 0.3) is 14.9 Å². The van der Waals surface area contributed by atoms with Crippen LogP contribution in [-0.2, 0) is 21.4 Å². The highest BCUT2D eigenvalue weighted by Gasteiger charge is 2.33. The number of hydrogen-bond donors (Lipinski definition) is 0. The Hall–Kier alpha value is -2.44. The number of thiophene rings is 1. The maximum atomic E-state index is 13.0. The van der Waals surface area contributed by atoms with Gasteiger partial charge in [-0.05, 0) is 29.1 Å².